The molecule has 3 aromatic rings. The molecular formula is C16H11Cl2NO3. The molecule has 0 fully saturated rings. The maximum Gasteiger partial charge on any atom is 0.200 e. The van der Waals surface area contributed by atoms with Gasteiger partial charge in [0.05, 0.1) is 28.1 Å². The number of benzene rings is 2. The Bertz CT molecular complexity index is 935. The monoisotopic (exact) mass is 335 g/mol. The van der Waals surface area contributed by atoms with Crippen molar-refractivity contribution in [3.8, 4) is 22.6 Å². The Morgan fingerprint density at radius 2 is 1.91 bits per heavy atom. The van der Waals surface area contributed by atoms with Crippen molar-refractivity contribution in [1.82, 2.24) is 4.98 Å². The van der Waals surface area contributed by atoms with Crippen LogP contribution in [0.5, 0.6) is 11.5 Å². The van der Waals surface area contributed by atoms with Crippen LogP contribution in [-0.2, 0) is 0 Å². The van der Waals surface area contributed by atoms with Gasteiger partial charge in [0.1, 0.15) is 11.5 Å². The Morgan fingerprint density at radius 1 is 1.14 bits per heavy atom. The van der Waals surface area contributed by atoms with Crippen LogP contribution in [0, 0.1) is 0 Å². The van der Waals surface area contributed by atoms with E-state index in [-0.39, 0.29) is 16.6 Å². The third-order valence-electron chi connectivity index (χ3n) is 3.40. The Hall–Kier alpha value is -2.17. The van der Waals surface area contributed by atoms with E-state index in [4.69, 9.17) is 27.9 Å². The maximum atomic E-state index is 12.6. The topological polar surface area (TPSA) is 62.3 Å². The molecule has 2 aromatic carbocycles. The number of ether oxygens (including phenoxy) is 1. The van der Waals surface area contributed by atoms with E-state index < -0.39 is 0 Å². The van der Waals surface area contributed by atoms with Gasteiger partial charge in [0, 0.05) is 23.9 Å². The summed E-state index contributed by atoms with van der Waals surface area (Å²) in [6.07, 6.45) is 1.57. The number of phenolic OH excluding ortho intramolecular Hbond substituents is 1. The number of fused-ring (bicyclic) bond motifs is 1. The molecule has 0 bridgehead atoms. The summed E-state index contributed by atoms with van der Waals surface area (Å²) < 4.78 is 5.07. The summed E-state index contributed by atoms with van der Waals surface area (Å²) in [6, 6.07) is 7.98. The molecule has 0 saturated heterocycles. The predicted molar refractivity (Wildman–Crippen MR) is 88.2 cm³/mol. The molecule has 0 atom stereocenters. The third kappa shape index (κ3) is 2.40. The molecule has 0 saturated carbocycles. The van der Waals surface area contributed by atoms with Gasteiger partial charge in [-0.05, 0) is 17.7 Å². The molecule has 4 nitrogen and oxygen atoms in total. The van der Waals surface area contributed by atoms with Crippen molar-refractivity contribution in [2.45, 2.75) is 0 Å². The molecule has 2 N–H and O–H groups in total. The van der Waals surface area contributed by atoms with Gasteiger partial charge in [-0.15, -0.1) is 0 Å². The summed E-state index contributed by atoms with van der Waals surface area (Å²) >= 11 is 11.9. The number of aromatic nitrogens is 1. The molecule has 1 aromatic heterocycles. The molecule has 3 rings (SSSR count). The lowest BCUT2D eigenvalue weighted by Gasteiger charge is -2.08. The zero-order valence-electron chi connectivity index (χ0n) is 11.5. The van der Waals surface area contributed by atoms with Gasteiger partial charge in [0.15, 0.2) is 0 Å². The van der Waals surface area contributed by atoms with E-state index in [1.807, 2.05) is 0 Å². The second-order valence-electron chi connectivity index (χ2n) is 4.73. The lowest BCUT2D eigenvalue weighted by atomic mass is 10.0. The van der Waals surface area contributed by atoms with Crippen LogP contribution in [-0.4, -0.2) is 17.2 Å². The fourth-order valence-corrected chi connectivity index (χ4v) is 2.60. The number of methoxy groups -OCH3 is 1. The highest BCUT2D eigenvalue weighted by atomic mass is 35.5. The zero-order valence-corrected chi connectivity index (χ0v) is 13.0. The molecule has 22 heavy (non-hydrogen) atoms. The molecular weight excluding hydrogens is 325 g/mol. The van der Waals surface area contributed by atoms with Gasteiger partial charge in [0.2, 0.25) is 5.43 Å². The van der Waals surface area contributed by atoms with Crippen LogP contribution in [0.1, 0.15) is 0 Å². The number of aromatic amines is 1. The molecule has 0 radical (unpaired) electrons. The predicted octanol–water partition coefficient (Wildman–Crippen LogP) is 4.22. The van der Waals surface area contributed by atoms with Gasteiger partial charge in [-0.2, -0.15) is 0 Å². The minimum absolute atomic E-state index is 0.141. The molecule has 0 aliphatic carbocycles. The van der Waals surface area contributed by atoms with Crippen molar-refractivity contribution < 1.29 is 9.84 Å². The second-order valence-corrected chi connectivity index (χ2v) is 5.54. The highest BCUT2D eigenvalue weighted by Gasteiger charge is 2.13. The number of pyridine rings is 1. The van der Waals surface area contributed by atoms with Gasteiger partial charge in [0.25, 0.3) is 0 Å². The zero-order chi connectivity index (χ0) is 15.9. The first-order chi connectivity index (χ1) is 10.5. The smallest absolute Gasteiger partial charge is 0.200 e. The lowest BCUT2D eigenvalue weighted by molar-refractivity contribution is 0.409. The van der Waals surface area contributed by atoms with E-state index in [2.05, 4.69) is 4.98 Å². The Balaban J connectivity index is 2.28. The third-order valence-corrected chi connectivity index (χ3v) is 4.14. The summed E-state index contributed by atoms with van der Waals surface area (Å²) in [4.78, 5) is 15.6. The number of rotatable bonds is 2. The van der Waals surface area contributed by atoms with Crippen molar-refractivity contribution in [3.05, 3.63) is 56.8 Å². The number of halogens is 2. The molecule has 0 unspecified atom stereocenters. The van der Waals surface area contributed by atoms with Gasteiger partial charge < -0.3 is 14.8 Å². The largest absolute Gasteiger partial charge is 0.507 e. The van der Waals surface area contributed by atoms with Gasteiger partial charge >= 0.3 is 0 Å². The van der Waals surface area contributed by atoms with Crippen LogP contribution in [0.3, 0.4) is 0 Å². The van der Waals surface area contributed by atoms with Crippen LogP contribution in [0.2, 0.25) is 10.0 Å². The lowest BCUT2D eigenvalue weighted by Crippen LogP contribution is -2.07. The van der Waals surface area contributed by atoms with Crippen LogP contribution in [0.15, 0.2) is 41.3 Å². The standard InChI is InChI=1S/C16H11Cl2NO3/c1-22-9-5-13-15(14(20)6-9)16(21)10(7-19-13)8-2-3-11(17)12(18)4-8/h2-7,20H,1H3,(H,19,21). The summed E-state index contributed by atoms with van der Waals surface area (Å²) in [7, 11) is 1.49. The van der Waals surface area contributed by atoms with E-state index in [0.717, 1.165) is 0 Å². The fraction of sp³-hybridized carbons (Fsp3) is 0.0625. The molecule has 0 spiro atoms. The Kier molecular flexibility index (Phi) is 3.72. The summed E-state index contributed by atoms with van der Waals surface area (Å²) in [5.41, 5.74) is 1.21. The first kappa shape index (κ1) is 14.8. The van der Waals surface area contributed by atoms with Gasteiger partial charge in [-0.3, -0.25) is 4.79 Å². The molecule has 112 valence electrons. The summed E-state index contributed by atoms with van der Waals surface area (Å²) in [5.74, 6) is 0.320. The van der Waals surface area contributed by atoms with E-state index in [1.54, 1.807) is 30.5 Å². The average molecular weight is 336 g/mol. The highest BCUT2D eigenvalue weighted by molar-refractivity contribution is 6.42. The van der Waals surface area contributed by atoms with Crippen LogP contribution in [0.25, 0.3) is 22.0 Å². The van der Waals surface area contributed by atoms with Crippen molar-refractivity contribution in [2.75, 3.05) is 7.11 Å². The number of hydrogen-bond donors (Lipinski definition) is 2. The highest BCUT2D eigenvalue weighted by Crippen LogP contribution is 2.30. The van der Waals surface area contributed by atoms with Crippen LogP contribution in [0.4, 0.5) is 0 Å². The first-order valence-corrected chi connectivity index (χ1v) is 7.14. The first-order valence-electron chi connectivity index (χ1n) is 6.39. The second kappa shape index (κ2) is 5.55. The molecule has 0 amide bonds. The number of phenols is 1. The number of H-pyrrole nitrogens is 1. The summed E-state index contributed by atoms with van der Waals surface area (Å²) in [5, 5.41) is 11.1. The fourth-order valence-electron chi connectivity index (χ4n) is 2.30. The quantitative estimate of drug-likeness (QED) is 0.737. The van der Waals surface area contributed by atoms with E-state index >= 15 is 0 Å². The minimum atomic E-state index is -0.299. The van der Waals surface area contributed by atoms with E-state index in [0.29, 0.717) is 32.4 Å². The minimum Gasteiger partial charge on any atom is -0.507 e. The molecule has 1 heterocycles. The van der Waals surface area contributed by atoms with Gasteiger partial charge in [-0.25, -0.2) is 0 Å². The molecule has 0 aliphatic heterocycles. The summed E-state index contributed by atoms with van der Waals surface area (Å²) in [6.45, 7) is 0. The number of hydrogen-bond acceptors (Lipinski definition) is 3. The SMILES string of the molecule is COc1cc(O)c2c(=O)c(-c3ccc(Cl)c(Cl)c3)c[nH]c2c1. The van der Waals surface area contributed by atoms with Crippen molar-refractivity contribution >= 4 is 34.1 Å². The van der Waals surface area contributed by atoms with Crippen LogP contribution >= 0.6 is 23.2 Å². The molecule has 6 heteroatoms. The Labute approximate surface area is 135 Å². The Morgan fingerprint density at radius 3 is 2.59 bits per heavy atom. The van der Waals surface area contributed by atoms with E-state index in [1.165, 1.54) is 13.2 Å². The van der Waals surface area contributed by atoms with E-state index in [9.17, 15) is 9.90 Å². The average Bonchev–Trinajstić information content (AvgIpc) is 2.50. The van der Waals surface area contributed by atoms with Crippen molar-refractivity contribution in [3.63, 3.8) is 0 Å². The number of nitrogens with one attached hydrogen (secondary N) is 1. The normalized spacial score (nSPS) is 10.9. The van der Waals surface area contributed by atoms with Crippen LogP contribution < -0.4 is 10.2 Å². The van der Waals surface area contributed by atoms with Crippen molar-refractivity contribution in [1.29, 1.82) is 0 Å². The number of aromatic hydroxyl groups is 1. The van der Waals surface area contributed by atoms with Crippen molar-refractivity contribution in [2.24, 2.45) is 0 Å². The molecule has 0 aliphatic rings. The maximum absolute atomic E-state index is 12.6. The van der Waals surface area contributed by atoms with Gasteiger partial charge in [-0.1, -0.05) is 29.3 Å².